The van der Waals surface area contributed by atoms with Crippen LogP contribution < -0.4 is 16.4 Å². The van der Waals surface area contributed by atoms with Crippen molar-refractivity contribution in [1.29, 1.82) is 0 Å². The first-order valence-corrected chi connectivity index (χ1v) is 7.64. The van der Waals surface area contributed by atoms with Crippen LogP contribution in [-0.4, -0.2) is 11.9 Å². The van der Waals surface area contributed by atoms with Crippen molar-refractivity contribution in [2.75, 3.05) is 10.6 Å². The van der Waals surface area contributed by atoms with Gasteiger partial charge < -0.3 is 16.4 Å². The number of amides is 3. The third-order valence-electron chi connectivity index (χ3n) is 3.83. The highest BCUT2D eigenvalue weighted by Crippen LogP contribution is 2.50. The van der Waals surface area contributed by atoms with Crippen molar-refractivity contribution in [2.45, 2.75) is 12.3 Å². The van der Waals surface area contributed by atoms with E-state index in [4.69, 9.17) is 17.3 Å². The molecule has 5 nitrogen and oxygen atoms in total. The number of halogens is 1. The minimum atomic E-state index is -0.644. The molecule has 0 saturated heterocycles. The van der Waals surface area contributed by atoms with Crippen LogP contribution in [0.25, 0.3) is 0 Å². The summed E-state index contributed by atoms with van der Waals surface area (Å²) in [6, 6.07) is 13.8. The van der Waals surface area contributed by atoms with Gasteiger partial charge in [0.05, 0.1) is 0 Å². The Morgan fingerprint density at radius 3 is 2.43 bits per heavy atom. The molecule has 3 amide bonds. The maximum Gasteiger partial charge on any atom is 0.316 e. The largest absolute Gasteiger partial charge is 0.351 e. The quantitative estimate of drug-likeness (QED) is 0.801. The predicted molar refractivity (Wildman–Crippen MR) is 90.6 cm³/mol. The molecule has 4 N–H and O–H groups in total. The van der Waals surface area contributed by atoms with Gasteiger partial charge in [-0.15, -0.1) is 0 Å². The van der Waals surface area contributed by atoms with Gasteiger partial charge in [0.1, 0.15) is 0 Å². The number of anilines is 2. The normalized spacial score (nSPS) is 19.0. The second-order valence-electron chi connectivity index (χ2n) is 5.53. The number of nitrogens with one attached hydrogen (secondary N) is 2. The highest BCUT2D eigenvalue weighted by molar-refractivity contribution is 6.31. The summed E-state index contributed by atoms with van der Waals surface area (Å²) < 4.78 is 0. The van der Waals surface area contributed by atoms with Crippen molar-refractivity contribution in [3.63, 3.8) is 0 Å². The van der Waals surface area contributed by atoms with Gasteiger partial charge in [0.2, 0.25) is 5.91 Å². The first-order valence-electron chi connectivity index (χ1n) is 7.26. The summed E-state index contributed by atoms with van der Waals surface area (Å²) >= 11 is 6.17. The molecule has 0 aliphatic heterocycles. The Morgan fingerprint density at radius 2 is 1.74 bits per heavy atom. The van der Waals surface area contributed by atoms with Crippen LogP contribution in [0.3, 0.4) is 0 Å². The number of nitrogens with two attached hydrogens (primary N) is 1. The van der Waals surface area contributed by atoms with E-state index in [-0.39, 0.29) is 17.7 Å². The Labute approximate surface area is 138 Å². The van der Waals surface area contributed by atoms with E-state index in [1.165, 1.54) is 0 Å². The maximum atomic E-state index is 12.3. The third-order valence-corrected chi connectivity index (χ3v) is 4.17. The van der Waals surface area contributed by atoms with E-state index in [0.717, 1.165) is 12.0 Å². The molecule has 3 rings (SSSR count). The Morgan fingerprint density at radius 1 is 1.04 bits per heavy atom. The number of carbonyl (C=O) groups is 2. The van der Waals surface area contributed by atoms with Crippen LogP contribution in [0.15, 0.2) is 48.5 Å². The number of urea groups is 1. The number of hydrogen-bond donors (Lipinski definition) is 3. The molecule has 1 aliphatic carbocycles. The van der Waals surface area contributed by atoms with Crippen LogP contribution in [-0.2, 0) is 4.79 Å². The molecule has 23 heavy (non-hydrogen) atoms. The van der Waals surface area contributed by atoms with Gasteiger partial charge in [0.25, 0.3) is 0 Å². The van der Waals surface area contributed by atoms with E-state index in [1.807, 2.05) is 24.3 Å². The molecule has 2 unspecified atom stereocenters. The van der Waals surface area contributed by atoms with E-state index in [9.17, 15) is 9.59 Å². The molecular formula is C17H16ClN3O2. The standard InChI is InChI=1S/C17H16ClN3O2/c18-15-7-2-1-6-12(15)13-9-14(13)16(22)20-10-4-3-5-11(8-10)21-17(19)23/h1-8,13-14H,9H2,(H,20,22)(H3,19,21,23). The van der Waals surface area contributed by atoms with E-state index < -0.39 is 6.03 Å². The van der Waals surface area contributed by atoms with Crippen molar-refractivity contribution in [2.24, 2.45) is 11.7 Å². The molecule has 0 heterocycles. The summed E-state index contributed by atoms with van der Waals surface area (Å²) in [6.07, 6.45) is 0.787. The second kappa shape index (κ2) is 6.30. The lowest BCUT2D eigenvalue weighted by molar-refractivity contribution is -0.117. The lowest BCUT2D eigenvalue weighted by atomic mass is 10.1. The zero-order valence-corrected chi connectivity index (χ0v) is 13.0. The van der Waals surface area contributed by atoms with E-state index in [1.54, 1.807) is 24.3 Å². The van der Waals surface area contributed by atoms with Crippen molar-refractivity contribution < 1.29 is 9.59 Å². The van der Waals surface area contributed by atoms with E-state index in [2.05, 4.69) is 10.6 Å². The number of carbonyl (C=O) groups excluding carboxylic acids is 2. The van der Waals surface area contributed by atoms with Crippen LogP contribution in [0.4, 0.5) is 16.2 Å². The van der Waals surface area contributed by atoms with Gasteiger partial charge in [0, 0.05) is 22.3 Å². The smallest absolute Gasteiger partial charge is 0.316 e. The van der Waals surface area contributed by atoms with Crippen LogP contribution in [0, 0.1) is 5.92 Å². The molecule has 118 valence electrons. The van der Waals surface area contributed by atoms with Crippen molar-refractivity contribution in [3.05, 3.63) is 59.1 Å². The summed E-state index contributed by atoms with van der Waals surface area (Å²) in [5.41, 5.74) is 7.25. The lowest BCUT2D eigenvalue weighted by Crippen LogP contribution is -2.19. The Bertz CT molecular complexity index is 763. The highest BCUT2D eigenvalue weighted by Gasteiger charge is 2.44. The van der Waals surface area contributed by atoms with Crippen LogP contribution in [0.2, 0.25) is 5.02 Å². The average Bonchev–Trinajstić information content (AvgIpc) is 3.28. The van der Waals surface area contributed by atoms with Gasteiger partial charge in [-0.2, -0.15) is 0 Å². The molecule has 0 spiro atoms. The average molecular weight is 330 g/mol. The molecule has 1 fully saturated rings. The summed E-state index contributed by atoms with van der Waals surface area (Å²) in [7, 11) is 0. The zero-order chi connectivity index (χ0) is 16.4. The van der Waals surface area contributed by atoms with Crippen LogP contribution in [0.1, 0.15) is 17.9 Å². The molecule has 2 aromatic carbocycles. The first kappa shape index (κ1) is 15.4. The topological polar surface area (TPSA) is 84.2 Å². The molecular weight excluding hydrogens is 314 g/mol. The predicted octanol–water partition coefficient (Wildman–Crippen LogP) is 3.57. The molecule has 0 bridgehead atoms. The molecule has 6 heteroatoms. The third kappa shape index (κ3) is 3.63. The fourth-order valence-corrected chi connectivity index (χ4v) is 2.93. The number of rotatable bonds is 4. The molecule has 0 aromatic heterocycles. The Balaban J connectivity index is 1.65. The lowest BCUT2D eigenvalue weighted by Gasteiger charge is -2.08. The van der Waals surface area contributed by atoms with Crippen LogP contribution in [0.5, 0.6) is 0 Å². The fourth-order valence-electron chi connectivity index (χ4n) is 2.66. The zero-order valence-electron chi connectivity index (χ0n) is 12.3. The van der Waals surface area contributed by atoms with Crippen molar-refractivity contribution in [1.82, 2.24) is 0 Å². The van der Waals surface area contributed by atoms with Gasteiger partial charge >= 0.3 is 6.03 Å². The van der Waals surface area contributed by atoms with Gasteiger partial charge in [-0.1, -0.05) is 35.9 Å². The first-order chi connectivity index (χ1) is 11.0. The Hall–Kier alpha value is -2.53. The minimum absolute atomic E-state index is 0.0499. The maximum absolute atomic E-state index is 12.3. The summed E-state index contributed by atoms with van der Waals surface area (Å²) in [6.45, 7) is 0. The number of hydrogen-bond acceptors (Lipinski definition) is 2. The number of benzene rings is 2. The van der Waals surface area contributed by atoms with Gasteiger partial charge in [-0.05, 0) is 42.2 Å². The minimum Gasteiger partial charge on any atom is -0.351 e. The van der Waals surface area contributed by atoms with Gasteiger partial charge in [0.15, 0.2) is 0 Å². The summed E-state index contributed by atoms with van der Waals surface area (Å²) in [5, 5.41) is 6.03. The molecule has 2 aromatic rings. The van der Waals surface area contributed by atoms with E-state index >= 15 is 0 Å². The highest BCUT2D eigenvalue weighted by atomic mass is 35.5. The van der Waals surface area contributed by atoms with Gasteiger partial charge in [-0.25, -0.2) is 4.79 Å². The summed E-state index contributed by atoms with van der Waals surface area (Å²) in [5.74, 6) is 0.0319. The summed E-state index contributed by atoms with van der Waals surface area (Å²) in [4.78, 5) is 23.2. The monoisotopic (exact) mass is 329 g/mol. The number of primary amides is 1. The molecule has 1 aliphatic rings. The fraction of sp³-hybridized carbons (Fsp3) is 0.176. The van der Waals surface area contributed by atoms with Crippen molar-refractivity contribution in [3.8, 4) is 0 Å². The molecule has 1 saturated carbocycles. The SMILES string of the molecule is NC(=O)Nc1cccc(NC(=O)C2CC2c2ccccc2Cl)c1. The molecule has 2 atom stereocenters. The second-order valence-corrected chi connectivity index (χ2v) is 5.94. The Kier molecular flexibility index (Phi) is 4.21. The molecule has 0 radical (unpaired) electrons. The van der Waals surface area contributed by atoms with Crippen LogP contribution >= 0.6 is 11.6 Å². The van der Waals surface area contributed by atoms with E-state index in [0.29, 0.717) is 16.4 Å². The van der Waals surface area contributed by atoms with Crippen molar-refractivity contribution >= 4 is 34.9 Å². The van der Waals surface area contributed by atoms with Gasteiger partial charge in [-0.3, -0.25) is 4.79 Å².